The van der Waals surface area contributed by atoms with Gasteiger partial charge in [-0.15, -0.1) is 0 Å². The Kier molecular flexibility index (Phi) is 5.52. The summed E-state index contributed by atoms with van der Waals surface area (Å²) in [5.41, 5.74) is 8.41. The number of nitrogens with two attached hydrogens (primary N) is 1. The van der Waals surface area contributed by atoms with Crippen LogP contribution in [-0.2, 0) is 16.0 Å². The molecule has 0 saturated carbocycles. The lowest BCUT2D eigenvalue weighted by Gasteiger charge is -2.12. The highest BCUT2D eigenvalue weighted by Gasteiger charge is 2.22. The minimum Gasteiger partial charge on any atom is -0.465 e. The van der Waals surface area contributed by atoms with E-state index in [0.29, 0.717) is 22.6 Å². The lowest BCUT2D eigenvalue weighted by atomic mass is 10.0. The van der Waals surface area contributed by atoms with Crippen molar-refractivity contribution in [2.75, 3.05) is 6.61 Å². The van der Waals surface area contributed by atoms with Crippen LogP contribution in [0.3, 0.4) is 0 Å². The number of ether oxygens (including phenoxy) is 1. The van der Waals surface area contributed by atoms with Gasteiger partial charge >= 0.3 is 5.97 Å². The Balaban J connectivity index is 2.13. The Labute approximate surface area is 163 Å². The van der Waals surface area contributed by atoms with Crippen LogP contribution in [0, 0.1) is 10.1 Å². The van der Waals surface area contributed by atoms with E-state index >= 15 is 0 Å². The van der Waals surface area contributed by atoms with Crippen molar-refractivity contribution in [3.8, 4) is 11.3 Å². The van der Waals surface area contributed by atoms with Gasteiger partial charge in [-0.3, -0.25) is 14.9 Å². The molecule has 0 aliphatic rings. The molecule has 8 nitrogen and oxygen atoms in total. The number of esters is 1. The average Bonchev–Trinajstić information content (AvgIpc) is 2.99. The van der Waals surface area contributed by atoms with Gasteiger partial charge in [-0.2, -0.15) is 0 Å². The number of nitro groups is 1. The van der Waals surface area contributed by atoms with Crippen LogP contribution in [0.4, 0.5) is 5.69 Å². The molecule has 140 valence electrons. The first kappa shape index (κ1) is 19.0. The number of rotatable bonds is 6. The van der Waals surface area contributed by atoms with Gasteiger partial charge in [-0.05, 0) is 35.0 Å². The van der Waals surface area contributed by atoms with E-state index < -0.39 is 16.9 Å². The fourth-order valence-corrected chi connectivity index (χ4v) is 3.14. The number of fused-ring (bicyclic) bond motifs is 1. The number of nitro benzene ring substituents is 1. The van der Waals surface area contributed by atoms with Crippen LogP contribution >= 0.6 is 15.9 Å². The standard InChI is InChI=1S/C18H17BrN4O4/c1-2-27-18(24)14(20)9-15-17(11-4-3-5-13(8-11)23(25)26)21-16-7-6-12(19)10-22(15)16/h3-8,10,14H,2,9,20H2,1H3. The second kappa shape index (κ2) is 7.85. The first-order valence-electron chi connectivity index (χ1n) is 8.24. The lowest BCUT2D eigenvalue weighted by molar-refractivity contribution is -0.384. The first-order chi connectivity index (χ1) is 12.9. The van der Waals surface area contributed by atoms with Crippen LogP contribution in [0.1, 0.15) is 12.6 Å². The summed E-state index contributed by atoms with van der Waals surface area (Å²) in [6.07, 6.45) is 1.99. The maximum atomic E-state index is 12.0. The quantitative estimate of drug-likeness (QED) is 0.363. The number of carbonyl (C=O) groups is 1. The van der Waals surface area contributed by atoms with Crippen molar-refractivity contribution in [1.82, 2.24) is 9.38 Å². The largest absolute Gasteiger partial charge is 0.465 e. The normalized spacial score (nSPS) is 12.1. The van der Waals surface area contributed by atoms with Crippen molar-refractivity contribution >= 4 is 33.2 Å². The number of non-ortho nitro benzene ring substituents is 1. The van der Waals surface area contributed by atoms with E-state index in [-0.39, 0.29) is 18.7 Å². The molecule has 0 aliphatic carbocycles. The number of benzene rings is 1. The smallest absolute Gasteiger partial charge is 0.323 e. The molecule has 0 amide bonds. The third-order valence-electron chi connectivity index (χ3n) is 4.01. The summed E-state index contributed by atoms with van der Waals surface area (Å²) in [4.78, 5) is 27.2. The third kappa shape index (κ3) is 3.99. The van der Waals surface area contributed by atoms with Gasteiger partial charge in [0.25, 0.3) is 5.69 Å². The Hall–Kier alpha value is -2.78. The molecule has 1 atom stereocenters. The molecular weight excluding hydrogens is 416 g/mol. The van der Waals surface area contributed by atoms with Crippen LogP contribution in [0.2, 0.25) is 0 Å². The molecule has 2 aromatic heterocycles. The fourth-order valence-electron chi connectivity index (χ4n) is 2.80. The number of pyridine rings is 1. The van der Waals surface area contributed by atoms with Gasteiger partial charge in [0, 0.05) is 34.8 Å². The molecule has 0 aliphatic heterocycles. The topological polar surface area (TPSA) is 113 Å². The molecule has 0 radical (unpaired) electrons. The van der Waals surface area contributed by atoms with Gasteiger partial charge in [0.1, 0.15) is 11.7 Å². The minimum absolute atomic E-state index is 0.0358. The molecule has 3 aromatic rings. The van der Waals surface area contributed by atoms with Crippen LogP contribution in [0.25, 0.3) is 16.9 Å². The molecule has 1 aromatic carbocycles. The number of hydrogen-bond acceptors (Lipinski definition) is 6. The van der Waals surface area contributed by atoms with Crippen molar-refractivity contribution in [3.63, 3.8) is 0 Å². The van der Waals surface area contributed by atoms with Crippen molar-refractivity contribution in [3.05, 3.63) is 62.9 Å². The molecule has 1 unspecified atom stereocenters. The predicted molar refractivity (Wildman–Crippen MR) is 103 cm³/mol. The van der Waals surface area contributed by atoms with E-state index in [0.717, 1.165) is 4.47 Å². The fraction of sp³-hybridized carbons (Fsp3) is 0.222. The number of nitrogens with zero attached hydrogens (tertiary/aromatic N) is 3. The molecule has 0 spiro atoms. The van der Waals surface area contributed by atoms with Crippen LogP contribution in [-0.4, -0.2) is 32.9 Å². The van der Waals surface area contributed by atoms with Gasteiger partial charge in [0.15, 0.2) is 0 Å². The third-order valence-corrected chi connectivity index (χ3v) is 4.48. The second-order valence-electron chi connectivity index (χ2n) is 5.85. The van der Waals surface area contributed by atoms with E-state index in [1.54, 1.807) is 19.1 Å². The summed E-state index contributed by atoms with van der Waals surface area (Å²) >= 11 is 3.42. The number of imidazole rings is 1. The highest BCUT2D eigenvalue weighted by atomic mass is 79.9. The van der Waals surface area contributed by atoms with Gasteiger partial charge in [-0.25, -0.2) is 4.98 Å². The summed E-state index contributed by atoms with van der Waals surface area (Å²) in [5, 5.41) is 11.1. The van der Waals surface area contributed by atoms with Crippen molar-refractivity contribution in [2.45, 2.75) is 19.4 Å². The lowest BCUT2D eigenvalue weighted by Crippen LogP contribution is -2.34. The summed E-state index contributed by atoms with van der Waals surface area (Å²) in [7, 11) is 0. The number of aromatic nitrogens is 2. The van der Waals surface area contributed by atoms with E-state index in [2.05, 4.69) is 20.9 Å². The number of hydrogen-bond donors (Lipinski definition) is 1. The Morgan fingerprint density at radius 3 is 2.89 bits per heavy atom. The molecular formula is C18H17BrN4O4. The highest BCUT2D eigenvalue weighted by Crippen LogP contribution is 2.29. The van der Waals surface area contributed by atoms with Crippen molar-refractivity contribution in [1.29, 1.82) is 0 Å². The first-order valence-corrected chi connectivity index (χ1v) is 9.03. The molecule has 3 rings (SSSR count). The zero-order valence-electron chi connectivity index (χ0n) is 14.5. The zero-order chi connectivity index (χ0) is 19.6. The summed E-state index contributed by atoms with van der Waals surface area (Å²) in [5.74, 6) is -0.507. The molecule has 2 N–H and O–H groups in total. The van der Waals surface area contributed by atoms with Crippen molar-refractivity contribution in [2.24, 2.45) is 5.73 Å². The average molecular weight is 433 g/mol. The minimum atomic E-state index is -0.874. The summed E-state index contributed by atoms with van der Waals surface area (Å²) in [6.45, 7) is 1.95. The van der Waals surface area contributed by atoms with Gasteiger partial charge in [-0.1, -0.05) is 12.1 Å². The van der Waals surface area contributed by atoms with E-state index in [9.17, 15) is 14.9 Å². The number of carbonyl (C=O) groups excluding carboxylic acids is 1. The van der Waals surface area contributed by atoms with Gasteiger partial charge in [0.05, 0.1) is 22.9 Å². The van der Waals surface area contributed by atoms with Gasteiger partial charge < -0.3 is 14.9 Å². The van der Waals surface area contributed by atoms with Crippen LogP contribution < -0.4 is 5.73 Å². The predicted octanol–water partition coefficient (Wildman–Crippen LogP) is 3.10. The number of halogens is 1. The Morgan fingerprint density at radius 1 is 1.41 bits per heavy atom. The van der Waals surface area contributed by atoms with E-state index in [1.165, 1.54) is 12.1 Å². The highest BCUT2D eigenvalue weighted by molar-refractivity contribution is 9.10. The van der Waals surface area contributed by atoms with Gasteiger partial charge in [0.2, 0.25) is 0 Å². The van der Waals surface area contributed by atoms with Crippen molar-refractivity contribution < 1.29 is 14.5 Å². The Morgan fingerprint density at radius 2 is 2.19 bits per heavy atom. The summed E-state index contributed by atoms with van der Waals surface area (Å²) in [6, 6.07) is 8.99. The molecule has 9 heteroatoms. The van der Waals surface area contributed by atoms with E-state index in [4.69, 9.17) is 10.5 Å². The summed E-state index contributed by atoms with van der Waals surface area (Å²) < 4.78 is 7.63. The second-order valence-corrected chi connectivity index (χ2v) is 6.77. The molecule has 0 fully saturated rings. The molecule has 0 bridgehead atoms. The van der Waals surface area contributed by atoms with E-state index in [1.807, 2.05) is 22.7 Å². The SMILES string of the molecule is CCOC(=O)C(N)Cc1c(-c2cccc([N+](=O)[O-])c2)nc2ccc(Br)cn12. The maximum Gasteiger partial charge on any atom is 0.323 e. The molecule has 27 heavy (non-hydrogen) atoms. The zero-order valence-corrected chi connectivity index (χ0v) is 16.0. The Bertz CT molecular complexity index is 1020. The monoisotopic (exact) mass is 432 g/mol. The molecule has 0 saturated heterocycles. The van der Waals surface area contributed by atoms with Crippen LogP contribution in [0.5, 0.6) is 0 Å². The van der Waals surface area contributed by atoms with Crippen LogP contribution in [0.15, 0.2) is 47.1 Å². The maximum absolute atomic E-state index is 12.0. The molecule has 2 heterocycles.